The van der Waals surface area contributed by atoms with E-state index < -0.39 is 0 Å². The van der Waals surface area contributed by atoms with Crippen molar-refractivity contribution in [2.45, 2.75) is 25.9 Å². The molecule has 0 aromatic heterocycles. The number of benzene rings is 2. The molecule has 29 heavy (non-hydrogen) atoms. The number of hydrazine groups is 1. The standard InChI is InChI=1S/C24H30ClN3O/c1-27-13-11-19(12-14-27)15-23-21(18-29-17-20-7-3-2-4-8-20)16-28(26-23)24-10-6-5-9-22(24)25/h2-10,19,26H,11-18H2,1H3. The van der Waals surface area contributed by atoms with Gasteiger partial charge < -0.3 is 15.1 Å². The molecule has 2 aromatic rings. The summed E-state index contributed by atoms with van der Waals surface area (Å²) < 4.78 is 6.09. The van der Waals surface area contributed by atoms with Crippen molar-refractivity contribution in [2.24, 2.45) is 5.92 Å². The molecule has 4 nitrogen and oxygen atoms in total. The van der Waals surface area contributed by atoms with Crippen molar-refractivity contribution in [3.05, 3.63) is 76.5 Å². The minimum atomic E-state index is 0.637. The van der Waals surface area contributed by atoms with E-state index in [4.69, 9.17) is 16.3 Å². The highest BCUT2D eigenvalue weighted by molar-refractivity contribution is 6.33. The van der Waals surface area contributed by atoms with Gasteiger partial charge in [-0.1, -0.05) is 54.1 Å². The zero-order valence-corrected chi connectivity index (χ0v) is 17.9. The third-order valence-corrected chi connectivity index (χ3v) is 6.23. The largest absolute Gasteiger partial charge is 0.372 e. The summed E-state index contributed by atoms with van der Waals surface area (Å²) in [6, 6.07) is 18.4. The number of para-hydroxylation sites is 1. The van der Waals surface area contributed by atoms with Crippen LogP contribution < -0.4 is 10.4 Å². The first-order valence-corrected chi connectivity index (χ1v) is 10.9. The molecule has 5 heteroatoms. The Labute approximate surface area is 179 Å². The molecule has 1 N–H and O–H groups in total. The molecule has 0 atom stereocenters. The van der Waals surface area contributed by atoms with E-state index in [1.54, 1.807) is 0 Å². The van der Waals surface area contributed by atoms with Crippen molar-refractivity contribution < 1.29 is 4.74 Å². The van der Waals surface area contributed by atoms with Gasteiger partial charge in [-0.25, -0.2) is 0 Å². The molecule has 154 valence electrons. The molecule has 2 aromatic carbocycles. The molecule has 2 aliphatic rings. The van der Waals surface area contributed by atoms with Crippen LogP contribution in [0.25, 0.3) is 0 Å². The highest BCUT2D eigenvalue weighted by atomic mass is 35.5. The molecule has 0 saturated carbocycles. The average molecular weight is 412 g/mol. The van der Waals surface area contributed by atoms with Gasteiger partial charge in [0.1, 0.15) is 0 Å². The maximum atomic E-state index is 6.46. The van der Waals surface area contributed by atoms with E-state index in [1.165, 1.54) is 42.8 Å². The Balaban J connectivity index is 1.43. The number of piperidine rings is 1. The maximum absolute atomic E-state index is 6.46. The molecule has 0 bridgehead atoms. The van der Waals surface area contributed by atoms with Crippen LogP contribution in [0.4, 0.5) is 5.69 Å². The minimum Gasteiger partial charge on any atom is -0.372 e. The van der Waals surface area contributed by atoms with Crippen LogP contribution in [0, 0.1) is 5.92 Å². The second-order valence-corrected chi connectivity index (χ2v) is 8.57. The van der Waals surface area contributed by atoms with Gasteiger partial charge in [-0.15, -0.1) is 0 Å². The van der Waals surface area contributed by atoms with Crippen LogP contribution in [-0.2, 0) is 11.3 Å². The van der Waals surface area contributed by atoms with Gasteiger partial charge in [-0.05, 0) is 68.6 Å². The lowest BCUT2D eigenvalue weighted by atomic mass is 9.91. The highest BCUT2D eigenvalue weighted by Gasteiger charge is 2.26. The van der Waals surface area contributed by atoms with Crippen molar-refractivity contribution in [3.8, 4) is 0 Å². The third kappa shape index (κ3) is 5.33. The smallest absolute Gasteiger partial charge is 0.0761 e. The fourth-order valence-electron chi connectivity index (χ4n) is 4.13. The Morgan fingerprint density at radius 3 is 2.48 bits per heavy atom. The molecule has 0 radical (unpaired) electrons. The molecule has 4 rings (SSSR count). The fraction of sp³-hybridized carbons (Fsp3) is 0.417. The van der Waals surface area contributed by atoms with E-state index in [9.17, 15) is 0 Å². The van der Waals surface area contributed by atoms with E-state index in [-0.39, 0.29) is 0 Å². The topological polar surface area (TPSA) is 27.7 Å². The zero-order valence-electron chi connectivity index (χ0n) is 17.1. The lowest BCUT2D eigenvalue weighted by molar-refractivity contribution is 0.141. The van der Waals surface area contributed by atoms with E-state index >= 15 is 0 Å². The first-order chi connectivity index (χ1) is 14.2. The first kappa shape index (κ1) is 20.3. The zero-order chi connectivity index (χ0) is 20.1. The molecule has 0 unspecified atom stereocenters. The second kappa shape index (κ2) is 9.66. The number of nitrogens with one attached hydrogen (secondary N) is 1. The molecule has 2 heterocycles. The van der Waals surface area contributed by atoms with Crippen LogP contribution in [0.1, 0.15) is 24.8 Å². The molecular weight excluding hydrogens is 382 g/mol. The molecule has 1 saturated heterocycles. The number of anilines is 1. The summed E-state index contributed by atoms with van der Waals surface area (Å²) in [6.07, 6.45) is 3.59. The van der Waals surface area contributed by atoms with Gasteiger partial charge in [-0.3, -0.25) is 5.01 Å². The Bertz CT molecular complexity index is 831. The quantitative estimate of drug-likeness (QED) is 0.703. The summed E-state index contributed by atoms with van der Waals surface area (Å²) >= 11 is 6.46. The maximum Gasteiger partial charge on any atom is 0.0761 e. The summed E-state index contributed by atoms with van der Waals surface area (Å²) in [5, 5.41) is 2.93. The van der Waals surface area contributed by atoms with E-state index in [1.807, 2.05) is 24.3 Å². The lowest BCUT2D eigenvalue weighted by Gasteiger charge is -2.30. The monoisotopic (exact) mass is 411 g/mol. The van der Waals surface area contributed by atoms with E-state index in [2.05, 4.69) is 52.7 Å². The minimum absolute atomic E-state index is 0.637. The summed E-state index contributed by atoms with van der Waals surface area (Å²) in [7, 11) is 2.21. The van der Waals surface area contributed by atoms with Crippen molar-refractivity contribution in [1.82, 2.24) is 10.3 Å². The van der Waals surface area contributed by atoms with Crippen molar-refractivity contribution in [2.75, 3.05) is 38.3 Å². The van der Waals surface area contributed by atoms with Crippen LogP contribution in [0.3, 0.4) is 0 Å². The predicted molar refractivity (Wildman–Crippen MR) is 120 cm³/mol. The van der Waals surface area contributed by atoms with Gasteiger partial charge in [0, 0.05) is 5.70 Å². The Morgan fingerprint density at radius 1 is 1.00 bits per heavy atom. The molecule has 0 aliphatic carbocycles. The highest BCUT2D eigenvalue weighted by Crippen LogP contribution is 2.31. The van der Waals surface area contributed by atoms with Gasteiger partial charge in [-0.2, -0.15) is 0 Å². The van der Waals surface area contributed by atoms with Crippen LogP contribution in [0.15, 0.2) is 65.9 Å². The van der Waals surface area contributed by atoms with Crippen molar-refractivity contribution in [3.63, 3.8) is 0 Å². The summed E-state index contributed by atoms with van der Waals surface area (Å²) in [4.78, 5) is 2.42. The predicted octanol–water partition coefficient (Wildman–Crippen LogP) is 4.87. The summed E-state index contributed by atoms with van der Waals surface area (Å²) in [6.45, 7) is 4.46. The van der Waals surface area contributed by atoms with Crippen molar-refractivity contribution >= 4 is 17.3 Å². The molecule has 0 amide bonds. The Hall–Kier alpha value is -2.01. The van der Waals surface area contributed by atoms with E-state index in [0.717, 1.165) is 29.6 Å². The number of nitrogens with zero attached hydrogens (tertiary/aromatic N) is 2. The van der Waals surface area contributed by atoms with Gasteiger partial charge in [0.25, 0.3) is 0 Å². The number of allylic oxidation sites excluding steroid dienone is 1. The molecular formula is C24H30ClN3O. The average Bonchev–Trinajstić information content (AvgIpc) is 3.13. The molecule has 1 fully saturated rings. The molecule has 0 spiro atoms. The second-order valence-electron chi connectivity index (χ2n) is 8.16. The number of halogens is 1. The van der Waals surface area contributed by atoms with Crippen LogP contribution in [-0.4, -0.2) is 38.2 Å². The van der Waals surface area contributed by atoms with Crippen LogP contribution in [0.5, 0.6) is 0 Å². The van der Waals surface area contributed by atoms with Crippen molar-refractivity contribution in [1.29, 1.82) is 0 Å². The number of ether oxygens (including phenoxy) is 1. The van der Waals surface area contributed by atoms with Gasteiger partial charge in [0.05, 0.1) is 30.5 Å². The summed E-state index contributed by atoms with van der Waals surface area (Å²) in [5.74, 6) is 0.726. The van der Waals surface area contributed by atoms with Gasteiger partial charge >= 0.3 is 0 Å². The summed E-state index contributed by atoms with van der Waals surface area (Å²) in [5.41, 5.74) is 8.51. The number of hydrogen-bond donors (Lipinski definition) is 1. The van der Waals surface area contributed by atoms with Crippen LogP contribution >= 0.6 is 11.6 Å². The van der Waals surface area contributed by atoms with E-state index in [0.29, 0.717) is 13.2 Å². The number of likely N-dealkylation sites (tertiary alicyclic amines) is 1. The SMILES string of the molecule is CN1CCC(CC2=C(COCc3ccccc3)CN(c3ccccc3Cl)N2)CC1. The Morgan fingerprint density at radius 2 is 1.72 bits per heavy atom. The number of rotatable bonds is 7. The van der Waals surface area contributed by atoms with Crippen LogP contribution in [0.2, 0.25) is 5.02 Å². The normalized spacial score (nSPS) is 18.3. The number of hydrogen-bond acceptors (Lipinski definition) is 4. The fourth-order valence-corrected chi connectivity index (χ4v) is 4.37. The van der Waals surface area contributed by atoms with Gasteiger partial charge in [0.15, 0.2) is 0 Å². The molecule has 2 aliphatic heterocycles. The third-order valence-electron chi connectivity index (χ3n) is 5.91. The first-order valence-electron chi connectivity index (χ1n) is 10.5. The lowest BCUT2D eigenvalue weighted by Crippen LogP contribution is -2.34. The van der Waals surface area contributed by atoms with Gasteiger partial charge in [0.2, 0.25) is 0 Å². The Kier molecular flexibility index (Phi) is 6.75.